The summed E-state index contributed by atoms with van der Waals surface area (Å²) in [7, 11) is 0. The van der Waals surface area contributed by atoms with Crippen molar-refractivity contribution in [3.8, 4) is 0 Å². The van der Waals surface area contributed by atoms with Crippen molar-refractivity contribution in [2.24, 2.45) is 5.10 Å². The first-order valence-electron chi connectivity index (χ1n) is 6.06. The monoisotopic (exact) mass is 302 g/mol. The fourth-order valence-electron chi connectivity index (χ4n) is 1.91. The third-order valence-corrected chi connectivity index (χ3v) is 4.11. The van der Waals surface area contributed by atoms with Gasteiger partial charge in [-0.2, -0.15) is 5.10 Å². The molecule has 0 fully saturated rings. The lowest BCUT2D eigenvalue weighted by Crippen LogP contribution is -2.08. The second kappa shape index (κ2) is 5.23. The zero-order valence-corrected chi connectivity index (χ0v) is 12.3. The minimum atomic E-state index is -0.0908. The number of halogens is 1. The topological polar surface area (TPSA) is 34.4 Å². The molecule has 0 saturated heterocycles. The van der Waals surface area contributed by atoms with Crippen LogP contribution in [-0.2, 0) is 0 Å². The van der Waals surface area contributed by atoms with Crippen LogP contribution in [0.1, 0.15) is 11.1 Å². The van der Waals surface area contributed by atoms with Gasteiger partial charge in [-0.1, -0.05) is 35.4 Å². The molecule has 3 nitrogen and oxygen atoms in total. The van der Waals surface area contributed by atoms with E-state index in [-0.39, 0.29) is 5.56 Å². The van der Waals surface area contributed by atoms with Gasteiger partial charge in [-0.05, 0) is 48.3 Å². The van der Waals surface area contributed by atoms with Crippen LogP contribution in [0.15, 0.2) is 52.4 Å². The summed E-state index contributed by atoms with van der Waals surface area (Å²) < 4.78 is 2.33. The average molecular weight is 303 g/mol. The summed E-state index contributed by atoms with van der Waals surface area (Å²) in [6, 6.07) is 13.2. The van der Waals surface area contributed by atoms with Crippen molar-refractivity contribution >= 4 is 39.4 Å². The van der Waals surface area contributed by atoms with Crippen LogP contribution in [0.5, 0.6) is 0 Å². The fraction of sp³-hybridized carbons (Fsp3) is 0.0667. The quantitative estimate of drug-likeness (QED) is 0.661. The molecule has 1 heterocycles. The second-order valence-electron chi connectivity index (χ2n) is 4.47. The SMILES string of the molecule is Cc1ccc2sn(/N=C/c3cccc(Cl)c3)c(=O)c2c1. The Bertz CT molecular complexity index is 864. The van der Waals surface area contributed by atoms with Gasteiger partial charge in [0.1, 0.15) is 0 Å². The van der Waals surface area contributed by atoms with Crippen molar-refractivity contribution in [1.29, 1.82) is 0 Å². The molecule has 3 rings (SSSR count). The third kappa shape index (κ3) is 2.53. The maximum Gasteiger partial charge on any atom is 0.289 e. The van der Waals surface area contributed by atoms with Gasteiger partial charge in [0.05, 0.1) is 16.3 Å². The van der Waals surface area contributed by atoms with Crippen molar-refractivity contribution in [3.05, 3.63) is 69.0 Å². The maximum absolute atomic E-state index is 12.2. The van der Waals surface area contributed by atoms with Crippen LogP contribution in [0.2, 0.25) is 5.02 Å². The molecule has 0 radical (unpaired) electrons. The molecule has 0 N–H and O–H groups in total. The van der Waals surface area contributed by atoms with Crippen molar-refractivity contribution in [1.82, 2.24) is 4.07 Å². The van der Waals surface area contributed by atoms with Crippen LogP contribution >= 0.6 is 23.1 Å². The first-order chi connectivity index (χ1) is 9.63. The number of hydrogen-bond acceptors (Lipinski definition) is 3. The van der Waals surface area contributed by atoms with E-state index in [2.05, 4.69) is 5.10 Å². The Labute approximate surface area is 124 Å². The van der Waals surface area contributed by atoms with E-state index in [1.807, 2.05) is 37.3 Å². The number of fused-ring (bicyclic) bond motifs is 1. The highest BCUT2D eigenvalue weighted by Crippen LogP contribution is 2.18. The Hall–Kier alpha value is -1.91. The summed E-state index contributed by atoms with van der Waals surface area (Å²) in [5.41, 5.74) is 1.84. The Morgan fingerprint density at radius 3 is 2.90 bits per heavy atom. The van der Waals surface area contributed by atoms with Crippen LogP contribution in [0, 0.1) is 6.92 Å². The van der Waals surface area contributed by atoms with Crippen LogP contribution in [0.3, 0.4) is 0 Å². The molecule has 0 aliphatic carbocycles. The maximum atomic E-state index is 12.2. The summed E-state index contributed by atoms with van der Waals surface area (Å²) in [5.74, 6) is 0. The first kappa shape index (κ1) is 13.1. The third-order valence-electron chi connectivity index (χ3n) is 2.88. The van der Waals surface area contributed by atoms with Gasteiger partial charge in [0, 0.05) is 5.02 Å². The molecule has 0 unspecified atom stereocenters. The minimum absolute atomic E-state index is 0.0908. The fourth-order valence-corrected chi connectivity index (χ4v) is 2.94. The van der Waals surface area contributed by atoms with Crippen LogP contribution < -0.4 is 5.56 Å². The Kier molecular flexibility index (Phi) is 3.42. The normalized spacial score (nSPS) is 11.5. The van der Waals surface area contributed by atoms with E-state index in [0.29, 0.717) is 10.4 Å². The molecule has 100 valence electrons. The first-order valence-corrected chi connectivity index (χ1v) is 7.21. The van der Waals surface area contributed by atoms with Crippen LogP contribution in [0.4, 0.5) is 0 Å². The highest BCUT2D eigenvalue weighted by atomic mass is 35.5. The molecule has 0 saturated carbocycles. The molecular formula is C15H11ClN2OS. The second-order valence-corrected chi connectivity index (χ2v) is 5.87. The van der Waals surface area contributed by atoms with E-state index in [1.54, 1.807) is 18.3 Å². The lowest BCUT2D eigenvalue weighted by molar-refractivity contribution is 0.953. The molecule has 0 amide bonds. The van der Waals surface area contributed by atoms with Gasteiger partial charge in [0.2, 0.25) is 0 Å². The van der Waals surface area contributed by atoms with Gasteiger partial charge in [-0.25, -0.2) is 0 Å². The highest BCUT2D eigenvalue weighted by molar-refractivity contribution is 7.13. The van der Waals surface area contributed by atoms with Gasteiger partial charge >= 0.3 is 0 Å². The number of benzene rings is 2. The number of nitrogens with zero attached hydrogens (tertiary/aromatic N) is 2. The molecule has 5 heteroatoms. The summed E-state index contributed by atoms with van der Waals surface area (Å²) in [4.78, 5) is 12.2. The minimum Gasteiger partial charge on any atom is -0.266 e. The van der Waals surface area contributed by atoms with Crippen molar-refractivity contribution in [2.75, 3.05) is 0 Å². The van der Waals surface area contributed by atoms with E-state index >= 15 is 0 Å². The lowest BCUT2D eigenvalue weighted by Gasteiger charge is -1.93. The largest absolute Gasteiger partial charge is 0.289 e. The van der Waals surface area contributed by atoms with E-state index in [0.717, 1.165) is 15.8 Å². The number of aromatic nitrogens is 1. The predicted octanol–water partition coefficient (Wildman–Crippen LogP) is 3.91. The molecule has 3 aromatic rings. The molecule has 0 aliphatic heterocycles. The van der Waals surface area contributed by atoms with Crippen molar-refractivity contribution in [2.45, 2.75) is 6.92 Å². The van der Waals surface area contributed by atoms with Crippen molar-refractivity contribution in [3.63, 3.8) is 0 Å². The molecule has 0 atom stereocenters. The van der Waals surface area contributed by atoms with Crippen LogP contribution in [0.25, 0.3) is 10.1 Å². The summed E-state index contributed by atoms with van der Waals surface area (Å²) >= 11 is 7.24. The molecule has 1 aromatic heterocycles. The molecular weight excluding hydrogens is 292 g/mol. The predicted molar refractivity (Wildman–Crippen MR) is 85.3 cm³/mol. The van der Waals surface area contributed by atoms with Crippen molar-refractivity contribution < 1.29 is 0 Å². The molecule has 2 aromatic carbocycles. The molecule has 20 heavy (non-hydrogen) atoms. The number of rotatable bonds is 2. The van der Waals surface area contributed by atoms with E-state index in [4.69, 9.17) is 11.6 Å². The standard InChI is InChI=1S/C15H11ClN2OS/c1-10-5-6-14-13(7-10)15(19)18(20-14)17-9-11-3-2-4-12(16)8-11/h2-9H,1H3/b17-9+. The van der Waals surface area contributed by atoms with Gasteiger partial charge < -0.3 is 0 Å². The van der Waals surface area contributed by atoms with E-state index in [9.17, 15) is 4.79 Å². The van der Waals surface area contributed by atoms with E-state index in [1.165, 1.54) is 15.6 Å². The van der Waals surface area contributed by atoms with Crippen LogP contribution in [-0.4, -0.2) is 10.3 Å². The van der Waals surface area contributed by atoms with Gasteiger partial charge in [-0.15, -0.1) is 4.07 Å². The summed E-state index contributed by atoms with van der Waals surface area (Å²) in [5, 5.41) is 5.58. The molecule has 0 bridgehead atoms. The smallest absolute Gasteiger partial charge is 0.266 e. The number of aryl methyl sites for hydroxylation is 1. The lowest BCUT2D eigenvalue weighted by atomic mass is 10.2. The number of hydrogen-bond donors (Lipinski definition) is 0. The Morgan fingerprint density at radius 1 is 1.25 bits per heavy atom. The highest BCUT2D eigenvalue weighted by Gasteiger charge is 2.06. The zero-order chi connectivity index (χ0) is 14.1. The van der Waals surface area contributed by atoms with Gasteiger partial charge in [0.15, 0.2) is 0 Å². The Balaban J connectivity index is 2.03. The average Bonchev–Trinajstić information content (AvgIpc) is 2.73. The summed E-state index contributed by atoms with van der Waals surface area (Å²) in [6.45, 7) is 1.97. The molecule has 0 spiro atoms. The van der Waals surface area contributed by atoms with E-state index < -0.39 is 0 Å². The van der Waals surface area contributed by atoms with Gasteiger partial charge in [0.25, 0.3) is 5.56 Å². The van der Waals surface area contributed by atoms with Gasteiger partial charge in [-0.3, -0.25) is 4.79 Å². The Morgan fingerprint density at radius 2 is 2.10 bits per heavy atom. The molecule has 0 aliphatic rings. The zero-order valence-electron chi connectivity index (χ0n) is 10.7. The summed E-state index contributed by atoms with van der Waals surface area (Å²) in [6.07, 6.45) is 1.63.